The Labute approximate surface area is 130 Å². The first kappa shape index (κ1) is 16.1. The molecule has 1 unspecified atom stereocenters. The molecular formula is C17H22ClFN2. The number of benzene rings is 1. The van der Waals surface area contributed by atoms with Crippen LogP contribution < -0.4 is 5.32 Å². The van der Waals surface area contributed by atoms with E-state index >= 15 is 0 Å². The van der Waals surface area contributed by atoms with Gasteiger partial charge in [-0.15, -0.1) is 0 Å². The molecule has 1 heterocycles. The van der Waals surface area contributed by atoms with E-state index in [2.05, 4.69) is 31.4 Å². The summed E-state index contributed by atoms with van der Waals surface area (Å²) in [7, 11) is 0. The van der Waals surface area contributed by atoms with Gasteiger partial charge in [0.1, 0.15) is 5.82 Å². The van der Waals surface area contributed by atoms with Crippen molar-refractivity contribution in [3.05, 3.63) is 58.6 Å². The van der Waals surface area contributed by atoms with Gasteiger partial charge in [0.15, 0.2) is 0 Å². The molecule has 0 amide bonds. The summed E-state index contributed by atoms with van der Waals surface area (Å²) in [4.78, 5) is 0. The molecule has 0 radical (unpaired) electrons. The van der Waals surface area contributed by atoms with Gasteiger partial charge in [-0.1, -0.05) is 37.6 Å². The molecule has 2 rings (SSSR count). The maximum Gasteiger partial charge on any atom is 0.142 e. The van der Waals surface area contributed by atoms with Crippen LogP contribution in [0.3, 0.4) is 0 Å². The van der Waals surface area contributed by atoms with Crippen LogP contribution in [0.1, 0.15) is 43.9 Å². The fourth-order valence-electron chi connectivity index (χ4n) is 2.45. The third-order valence-electron chi connectivity index (χ3n) is 3.61. The van der Waals surface area contributed by atoms with Crippen molar-refractivity contribution >= 4 is 11.6 Å². The molecule has 0 bridgehead atoms. The van der Waals surface area contributed by atoms with Crippen molar-refractivity contribution in [3.8, 4) is 0 Å². The molecule has 0 aliphatic carbocycles. The normalized spacial score (nSPS) is 12.6. The lowest BCUT2D eigenvalue weighted by Gasteiger charge is -2.15. The lowest BCUT2D eigenvalue weighted by molar-refractivity contribution is 0.517. The molecule has 0 fully saturated rings. The Balaban J connectivity index is 2.10. The average Bonchev–Trinajstić information content (AvgIpc) is 2.93. The molecule has 114 valence electrons. The molecular weight excluding hydrogens is 287 g/mol. The summed E-state index contributed by atoms with van der Waals surface area (Å²) in [6.07, 6.45) is 6.30. The van der Waals surface area contributed by atoms with Crippen LogP contribution in [0.25, 0.3) is 0 Å². The van der Waals surface area contributed by atoms with Gasteiger partial charge >= 0.3 is 0 Å². The number of halogens is 2. The molecule has 2 aromatic rings. The van der Waals surface area contributed by atoms with Crippen molar-refractivity contribution in [1.82, 2.24) is 9.88 Å². The minimum Gasteiger partial charge on any atom is -0.350 e. The lowest BCUT2D eigenvalue weighted by Crippen LogP contribution is -2.21. The predicted octanol–water partition coefficient (Wildman–Crippen LogP) is 4.78. The van der Waals surface area contributed by atoms with E-state index in [0.29, 0.717) is 12.6 Å². The van der Waals surface area contributed by atoms with Gasteiger partial charge in [-0.3, -0.25) is 0 Å². The summed E-state index contributed by atoms with van der Waals surface area (Å²) in [6, 6.07) is 7.42. The maximum atomic E-state index is 13.5. The first-order valence-electron chi connectivity index (χ1n) is 7.47. The number of aromatic nitrogens is 1. The largest absolute Gasteiger partial charge is 0.350 e. The standard InChI is InChI=1S/C17H22ClFN2/c1-3-9-20-16(4-2)13-8-10-21(11-13)12-14-6-5-7-15(19)17(14)18/h5-8,10-11,16,20H,3-4,9,12H2,1-2H3. The van der Waals surface area contributed by atoms with Crippen LogP contribution in [0, 0.1) is 5.82 Å². The zero-order valence-electron chi connectivity index (χ0n) is 12.6. The highest BCUT2D eigenvalue weighted by molar-refractivity contribution is 6.31. The van der Waals surface area contributed by atoms with Gasteiger partial charge in [-0.05, 0) is 42.6 Å². The molecule has 0 aliphatic heterocycles. The van der Waals surface area contributed by atoms with Gasteiger partial charge in [0.25, 0.3) is 0 Å². The van der Waals surface area contributed by atoms with Gasteiger partial charge in [0, 0.05) is 25.0 Å². The predicted molar refractivity (Wildman–Crippen MR) is 86.3 cm³/mol. The zero-order valence-corrected chi connectivity index (χ0v) is 13.3. The fraction of sp³-hybridized carbons (Fsp3) is 0.412. The van der Waals surface area contributed by atoms with Crippen LogP contribution >= 0.6 is 11.6 Å². The molecule has 1 atom stereocenters. The lowest BCUT2D eigenvalue weighted by atomic mass is 10.1. The number of hydrogen-bond acceptors (Lipinski definition) is 1. The monoisotopic (exact) mass is 308 g/mol. The van der Waals surface area contributed by atoms with E-state index in [1.165, 1.54) is 11.6 Å². The molecule has 0 aliphatic rings. The minimum absolute atomic E-state index is 0.212. The van der Waals surface area contributed by atoms with Gasteiger partial charge < -0.3 is 9.88 Å². The molecule has 1 N–H and O–H groups in total. The Morgan fingerprint density at radius 1 is 1.29 bits per heavy atom. The summed E-state index contributed by atoms with van der Waals surface area (Å²) in [5.74, 6) is -0.363. The molecule has 2 nitrogen and oxygen atoms in total. The van der Waals surface area contributed by atoms with Crippen molar-refractivity contribution in [1.29, 1.82) is 0 Å². The van der Waals surface area contributed by atoms with Crippen LogP contribution in [0.2, 0.25) is 5.02 Å². The molecule has 0 spiro atoms. The summed E-state index contributed by atoms with van der Waals surface area (Å²) in [5.41, 5.74) is 2.06. The summed E-state index contributed by atoms with van der Waals surface area (Å²) in [5, 5.41) is 3.75. The Kier molecular flexibility index (Phi) is 5.83. The van der Waals surface area contributed by atoms with E-state index in [9.17, 15) is 4.39 Å². The van der Waals surface area contributed by atoms with Crippen LogP contribution in [0.5, 0.6) is 0 Å². The van der Waals surface area contributed by atoms with E-state index in [0.717, 1.165) is 24.9 Å². The summed E-state index contributed by atoms with van der Waals surface area (Å²) < 4.78 is 15.5. The third-order valence-corrected chi connectivity index (χ3v) is 4.03. The van der Waals surface area contributed by atoms with E-state index in [1.807, 2.05) is 16.8 Å². The maximum absolute atomic E-state index is 13.5. The first-order valence-corrected chi connectivity index (χ1v) is 7.85. The minimum atomic E-state index is -0.363. The molecule has 4 heteroatoms. The number of hydrogen-bond donors (Lipinski definition) is 1. The second-order valence-corrected chi connectivity index (χ2v) is 5.62. The van der Waals surface area contributed by atoms with E-state index in [1.54, 1.807) is 6.07 Å². The van der Waals surface area contributed by atoms with Crippen LogP contribution in [0.4, 0.5) is 4.39 Å². The average molecular weight is 309 g/mol. The molecule has 0 saturated carbocycles. The van der Waals surface area contributed by atoms with Crippen LogP contribution in [0.15, 0.2) is 36.7 Å². The van der Waals surface area contributed by atoms with E-state index in [4.69, 9.17) is 11.6 Å². The van der Waals surface area contributed by atoms with Crippen molar-refractivity contribution in [3.63, 3.8) is 0 Å². The van der Waals surface area contributed by atoms with Gasteiger partial charge in [-0.25, -0.2) is 4.39 Å². The quantitative estimate of drug-likeness (QED) is 0.779. The van der Waals surface area contributed by atoms with E-state index < -0.39 is 0 Å². The van der Waals surface area contributed by atoms with Gasteiger partial charge in [-0.2, -0.15) is 0 Å². The van der Waals surface area contributed by atoms with Crippen LogP contribution in [-0.2, 0) is 6.54 Å². The highest BCUT2D eigenvalue weighted by Crippen LogP contribution is 2.22. The highest BCUT2D eigenvalue weighted by Gasteiger charge is 2.11. The summed E-state index contributed by atoms with van der Waals surface area (Å²) >= 11 is 6.01. The Hall–Kier alpha value is -1.32. The number of nitrogens with zero attached hydrogens (tertiary/aromatic N) is 1. The SMILES string of the molecule is CCCNC(CC)c1ccn(Cc2cccc(F)c2Cl)c1. The summed E-state index contributed by atoms with van der Waals surface area (Å²) in [6.45, 7) is 5.94. The van der Waals surface area contributed by atoms with Gasteiger partial charge in [0.2, 0.25) is 0 Å². The van der Waals surface area contributed by atoms with Crippen molar-refractivity contribution in [2.45, 2.75) is 39.3 Å². The Morgan fingerprint density at radius 3 is 2.81 bits per heavy atom. The second-order valence-electron chi connectivity index (χ2n) is 5.25. The zero-order chi connectivity index (χ0) is 15.2. The Bertz CT molecular complexity index is 580. The number of nitrogens with one attached hydrogen (secondary N) is 1. The fourth-order valence-corrected chi connectivity index (χ4v) is 2.63. The van der Waals surface area contributed by atoms with Gasteiger partial charge in [0.05, 0.1) is 5.02 Å². The van der Waals surface area contributed by atoms with Crippen molar-refractivity contribution in [2.24, 2.45) is 0 Å². The smallest absolute Gasteiger partial charge is 0.142 e. The topological polar surface area (TPSA) is 17.0 Å². The Morgan fingerprint density at radius 2 is 2.10 bits per heavy atom. The van der Waals surface area contributed by atoms with Crippen LogP contribution in [-0.4, -0.2) is 11.1 Å². The molecule has 1 aromatic carbocycles. The molecule has 0 saturated heterocycles. The second kappa shape index (κ2) is 7.62. The first-order chi connectivity index (χ1) is 10.2. The third kappa shape index (κ3) is 4.08. The highest BCUT2D eigenvalue weighted by atomic mass is 35.5. The number of rotatable bonds is 7. The van der Waals surface area contributed by atoms with Crippen molar-refractivity contribution < 1.29 is 4.39 Å². The molecule has 21 heavy (non-hydrogen) atoms. The van der Waals surface area contributed by atoms with Crippen molar-refractivity contribution in [2.75, 3.05) is 6.54 Å². The van der Waals surface area contributed by atoms with E-state index in [-0.39, 0.29) is 10.8 Å². The molecule has 1 aromatic heterocycles.